The summed E-state index contributed by atoms with van der Waals surface area (Å²) >= 11 is 6.22. The highest BCUT2D eigenvalue weighted by Gasteiger charge is 2.37. The van der Waals surface area contributed by atoms with Crippen LogP contribution in [0.2, 0.25) is 5.02 Å². The molecule has 0 saturated carbocycles. The van der Waals surface area contributed by atoms with Crippen molar-refractivity contribution in [2.75, 3.05) is 11.5 Å². The molecule has 1 fully saturated rings. The van der Waals surface area contributed by atoms with Crippen LogP contribution in [0, 0.1) is 6.92 Å². The van der Waals surface area contributed by atoms with Crippen molar-refractivity contribution >= 4 is 41.2 Å². The van der Waals surface area contributed by atoms with Gasteiger partial charge in [-0.25, -0.2) is 9.69 Å². The standard InChI is InChI=1S/C34H29ClN2O6/c1-3-41-31-18-24(16-17-30(31)43-20-23-10-5-4-6-11-23)21-42-29-15-8-7-12-25(29)19-26-32(38)36-34(40)37(33(26)39)28-14-9-13-27(35)22(28)2/h4-19H,3,20-21H2,1-2H3,(H,36,38,40)/b26-19-. The second-order valence-corrected chi connectivity index (χ2v) is 10.1. The van der Waals surface area contributed by atoms with E-state index >= 15 is 0 Å². The Morgan fingerprint density at radius 2 is 1.49 bits per heavy atom. The molecule has 1 heterocycles. The molecule has 0 atom stereocenters. The number of nitrogens with zero attached hydrogens (tertiary/aromatic N) is 1. The van der Waals surface area contributed by atoms with Crippen LogP contribution in [0.5, 0.6) is 17.2 Å². The molecule has 1 saturated heterocycles. The van der Waals surface area contributed by atoms with Gasteiger partial charge in [-0.1, -0.05) is 72.3 Å². The van der Waals surface area contributed by atoms with E-state index in [4.69, 9.17) is 25.8 Å². The number of carbonyl (C=O) groups is 3. The van der Waals surface area contributed by atoms with E-state index in [0.717, 1.165) is 16.0 Å². The monoisotopic (exact) mass is 596 g/mol. The normalized spacial score (nSPS) is 14.1. The average Bonchev–Trinajstić information content (AvgIpc) is 3.01. The highest BCUT2D eigenvalue weighted by atomic mass is 35.5. The summed E-state index contributed by atoms with van der Waals surface area (Å²) in [4.78, 5) is 39.8. The minimum Gasteiger partial charge on any atom is -0.490 e. The molecule has 4 amide bonds. The van der Waals surface area contributed by atoms with E-state index in [0.29, 0.717) is 52.3 Å². The third-order valence-electron chi connectivity index (χ3n) is 6.74. The van der Waals surface area contributed by atoms with E-state index in [9.17, 15) is 14.4 Å². The summed E-state index contributed by atoms with van der Waals surface area (Å²) < 4.78 is 17.9. The molecule has 5 rings (SSSR count). The fourth-order valence-corrected chi connectivity index (χ4v) is 4.70. The summed E-state index contributed by atoms with van der Waals surface area (Å²) in [6.45, 7) is 4.66. The van der Waals surface area contributed by atoms with Gasteiger partial charge in [-0.15, -0.1) is 0 Å². The molecule has 0 radical (unpaired) electrons. The molecule has 1 N–H and O–H groups in total. The zero-order valence-electron chi connectivity index (χ0n) is 23.6. The van der Waals surface area contributed by atoms with Crippen molar-refractivity contribution in [2.45, 2.75) is 27.1 Å². The van der Waals surface area contributed by atoms with E-state index in [1.807, 2.05) is 55.5 Å². The third-order valence-corrected chi connectivity index (χ3v) is 7.15. The van der Waals surface area contributed by atoms with Crippen LogP contribution in [0.1, 0.15) is 29.2 Å². The van der Waals surface area contributed by atoms with Gasteiger partial charge in [0.05, 0.1) is 12.3 Å². The maximum atomic E-state index is 13.4. The van der Waals surface area contributed by atoms with Crippen molar-refractivity contribution in [1.82, 2.24) is 5.32 Å². The van der Waals surface area contributed by atoms with Crippen molar-refractivity contribution < 1.29 is 28.6 Å². The smallest absolute Gasteiger partial charge is 0.335 e. The van der Waals surface area contributed by atoms with Crippen LogP contribution in [0.25, 0.3) is 6.08 Å². The van der Waals surface area contributed by atoms with Crippen molar-refractivity contribution in [2.24, 2.45) is 0 Å². The Morgan fingerprint density at radius 1 is 0.767 bits per heavy atom. The first-order valence-corrected chi connectivity index (χ1v) is 14.0. The number of barbiturate groups is 1. The van der Waals surface area contributed by atoms with E-state index < -0.39 is 17.8 Å². The summed E-state index contributed by atoms with van der Waals surface area (Å²) in [6.07, 6.45) is 1.42. The van der Waals surface area contributed by atoms with Gasteiger partial charge in [0.25, 0.3) is 11.8 Å². The minimum absolute atomic E-state index is 0.186. The molecule has 0 spiro atoms. The van der Waals surface area contributed by atoms with Gasteiger partial charge in [0.1, 0.15) is 24.5 Å². The third kappa shape index (κ3) is 6.71. The van der Waals surface area contributed by atoms with Crippen LogP contribution in [0.3, 0.4) is 0 Å². The molecule has 0 aromatic heterocycles. The lowest BCUT2D eigenvalue weighted by atomic mass is 10.0. The maximum absolute atomic E-state index is 13.4. The topological polar surface area (TPSA) is 94.2 Å². The van der Waals surface area contributed by atoms with Crippen LogP contribution < -0.4 is 24.4 Å². The van der Waals surface area contributed by atoms with Crippen molar-refractivity contribution in [3.05, 3.63) is 124 Å². The molecule has 0 unspecified atom stereocenters. The molecule has 1 aliphatic heterocycles. The predicted octanol–water partition coefficient (Wildman–Crippen LogP) is 6.87. The van der Waals surface area contributed by atoms with E-state index in [1.54, 1.807) is 49.4 Å². The Morgan fingerprint density at radius 3 is 2.28 bits per heavy atom. The zero-order chi connectivity index (χ0) is 30.3. The number of imide groups is 2. The van der Waals surface area contributed by atoms with Crippen LogP contribution >= 0.6 is 11.6 Å². The summed E-state index contributed by atoms with van der Waals surface area (Å²) in [5.74, 6) is 0.103. The lowest BCUT2D eigenvalue weighted by Crippen LogP contribution is -2.54. The van der Waals surface area contributed by atoms with Crippen molar-refractivity contribution in [1.29, 1.82) is 0 Å². The van der Waals surface area contributed by atoms with E-state index in [2.05, 4.69) is 5.32 Å². The fourth-order valence-electron chi connectivity index (χ4n) is 4.53. The summed E-state index contributed by atoms with van der Waals surface area (Å²) in [5, 5.41) is 2.64. The van der Waals surface area contributed by atoms with Gasteiger partial charge < -0.3 is 14.2 Å². The lowest BCUT2D eigenvalue weighted by molar-refractivity contribution is -0.122. The van der Waals surface area contributed by atoms with Gasteiger partial charge in [0, 0.05) is 10.6 Å². The van der Waals surface area contributed by atoms with E-state index in [-0.39, 0.29) is 12.2 Å². The lowest BCUT2D eigenvalue weighted by Gasteiger charge is -2.27. The number of para-hydroxylation sites is 1. The highest BCUT2D eigenvalue weighted by Crippen LogP contribution is 2.32. The SMILES string of the molecule is CCOc1cc(COc2ccccc2/C=C2/C(=O)NC(=O)N(c3cccc(Cl)c3C)C2=O)ccc1OCc1ccccc1. The molecular weight excluding hydrogens is 568 g/mol. The number of hydrogen-bond acceptors (Lipinski definition) is 6. The number of amides is 4. The molecule has 1 aliphatic rings. The number of benzene rings is 4. The molecule has 43 heavy (non-hydrogen) atoms. The maximum Gasteiger partial charge on any atom is 0.335 e. The molecule has 0 aliphatic carbocycles. The first kappa shape index (κ1) is 29.4. The number of halogens is 1. The number of anilines is 1. The Balaban J connectivity index is 1.36. The molecule has 0 bridgehead atoms. The quantitative estimate of drug-likeness (QED) is 0.159. The molecule has 9 heteroatoms. The minimum atomic E-state index is -0.844. The van der Waals surface area contributed by atoms with Gasteiger partial charge >= 0.3 is 6.03 Å². The van der Waals surface area contributed by atoms with Crippen LogP contribution in [-0.4, -0.2) is 24.5 Å². The number of urea groups is 1. The molecule has 4 aromatic rings. The van der Waals surface area contributed by atoms with Gasteiger partial charge in [0.2, 0.25) is 0 Å². The van der Waals surface area contributed by atoms with Gasteiger partial charge in [-0.05, 0) is 66.9 Å². The Bertz CT molecular complexity index is 1700. The molecular formula is C34H29ClN2O6. The van der Waals surface area contributed by atoms with Gasteiger partial charge in [0.15, 0.2) is 11.5 Å². The second-order valence-electron chi connectivity index (χ2n) is 9.66. The molecule has 4 aromatic carbocycles. The van der Waals surface area contributed by atoms with Crippen molar-refractivity contribution in [3.8, 4) is 17.2 Å². The summed E-state index contributed by atoms with van der Waals surface area (Å²) in [5.41, 5.74) is 2.98. The Kier molecular flexibility index (Phi) is 9.08. The fraction of sp³-hybridized carbons (Fsp3) is 0.147. The summed E-state index contributed by atoms with van der Waals surface area (Å²) in [6, 6.07) is 26.5. The molecule has 218 valence electrons. The first-order chi connectivity index (χ1) is 20.9. The Labute approximate surface area is 254 Å². The number of nitrogens with one attached hydrogen (secondary N) is 1. The van der Waals surface area contributed by atoms with E-state index in [1.165, 1.54) is 6.08 Å². The van der Waals surface area contributed by atoms with Crippen LogP contribution in [0.15, 0.2) is 96.6 Å². The largest absolute Gasteiger partial charge is 0.490 e. The summed E-state index contributed by atoms with van der Waals surface area (Å²) in [7, 11) is 0. The Hall–Kier alpha value is -5.08. The predicted molar refractivity (Wildman–Crippen MR) is 164 cm³/mol. The molecule has 8 nitrogen and oxygen atoms in total. The van der Waals surface area contributed by atoms with Gasteiger partial charge in [-0.2, -0.15) is 0 Å². The first-order valence-electron chi connectivity index (χ1n) is 13.7. The van der Waals surface area contributed by atoms with Crippen molar-refractivity contribution in [3.63, 3.8) is 0 Å². The zero-order valence-corrected chi connectivity index (χ0v) is 24.4. The second kappa shape index (κ2) is 13.3. The average molecular weight is 597 g/mol. The number of ether oxygens (including phenoxy) is 3. The number of carbonyl (C=O) groups excluding carboxylic acids is 3. The van der Waals surface area contributed by atoms with Gasteiger partial charge in [-0.3, -0.25) is 14.9 Å². The van der Waals surface area contributed by atoms with Crippen LogP contribution in [0.4, 0.5) is 10.5 Å². The number of rotatable bonds is 10. The van der Waals surface area contributed by atoms with Crippen LogP contribution in [-0.2, 0) is 22.8 Å². The number of hydrogen-bond donors (Lipinski definition) is 1. The highest BCUT2D eigenvalue weighted by molar-refractivity contribution is 6.40.